The van der Waals surface area contributed by atoms with E-state index < -0.39 is 0 Å². The molecule has 0 aromatic heterocycles. The molecule has 0 amide bonds. The van der Waals surface area contributed by atoms with Gasteiger partial charge in [-0.3, -0.25) is 0 Å². The normalized spacial score (nSPS) is 0.600. The third kappa shape index (κ3) is 18.9. The summed E-state index contributed by atoms with van der Waals surface area (Å²) in [6, 6.07) is 0. The average molecular weight is 345 g/mol. The average Bonchev–Trinajstić information content (AvgIpc) is 1.00. The Bertz CT molecular complexity index is 11.6. The maximum atomic E-state index is 8.38. The van der Waals surface area contributed by atoms with E-state index in [4.69, 9.17) is 3.54 Å². The smallest absolute Gasteiger partial charge is 0 e. The summed E-state index contributed by atoms with van der Waals surface area (Å²) >= 11 is 0.125. The molecular weight excluding hydrogens is 341 g/mol. The van der Waals surface area contributed by atoms with Crippen LogP contribution in [-0.4, -0.2) is 35.9 Å². The van der Waals surface area contributed by atoms with E-state index in [1.165, 1.54) is 0 Å². The summed E-state index contributed by atoms with van der Waals surface area (Å²) < 4.78 is 8.38. The zero-order chi connectivity index (χ0) is 2.00. The van der Waals surface area contributed by atoms with Crippen LogP contribution in [-0.2, 0) is 36.2 Å². The molecule has 0 aliphatic rings. The van der Waals surface area contributed by atoms with E-state index in [2.05, 4.69) is 0 Å². The van der Waals surface area contributed by atoms with Crippen LogP contribution in [0.25, 0.3) is 0 Å². The van der Waals surface area contributed by atoms with Crippen LogP contribution in [0.5, 0.6) is 0 Å². The van der Waals surface area contributed by atoms with Gasteiger partial charge < -0.3 is 0 Å². The molecule has 2 radical (unpaired) electrons. The third-order valence-electron chi connectivity index (χ3n) is 0. The first-order valence-electron chi connectivity index (χ1n) is 0.289. The fourth-order valence-electron chi connectivity index (χ4n) is 0. The van der Waals surface area contributed by atoms with Gasteiger partial charge in [-0.1, -0.05) is 0 Å². The first-order chi connectivity index (χ1) is 1.00. The Morgan fingerprint density at radius 3 is 1.20 bits per heavy atom. The molecule has 0 aliphatic heterocycles. The minimum absolute atomic E-state index is 0. The largest absolute Gasteiger partial charge is 0 e. The molecule has 0 aromatic carbocycles. The van der Waals surface area contributed by atoms with Gasteiger partial charge in [0.05, 0.1) is 0 Å². The second-order valence-corrected chi connectivity index (χ2v) is 0. The molecule has 0 spiro atoms. The molecule has 0 bridgehead atoms. The Morgan fingerprint density at radius 2 is 1.20 bits per heavy atom. The van der Waals surface area contributed by atoms with Crippen molar-refractivity contribution in [3.05, 3.63) is 0 Å². The molecule has 0 fully saturated rings. The van der Waals surface area contributed by atoms with Crippen LogP contribution >= 0.6 is 0 Å². The molecule has 5 heteroatoms. The van der Waals surface area contributed by atoms with Crippen molar-refractivity contribution >= 4 is 35.9 Å². The summed E-state index contributed by atoms with van der Waals surface area (Å²) in [5.41, 5.74) is 0. The van der Waals surface area contributed by atoms with Crippen molar-refractivity contribution in [2.45, 2.75) is 0 Å². The first-order valence-corrected chi connectivity index (χ1v) is 1.50. The number of rotatable bonds is 0. The van der Waals surface area contributed by atoms with Crippen molar-refractivity contribution in [2.24, 2.45) is 0 Å². The van der Waals surface area contributed by atoms with Crippen LogP contribution in [0, 0.1) is 35.6 Å². The second-order valence-electron chi connectivity index (χ2n) is 0. The molecule has 0 aromatic rings. The predicted octanol–water partition coefficient (Wildman–Crippen LogP) is -1.95. The van der Waals surface area contributed by atoms with Crippen LogP contribution < -0.4 is 0 Å². The Hall–Kier alpha value is 3.27. The van der Waals surface area contributed by atoms with Crippen molar-refractivity contribution in [1.29, 1.82) is 0 Å². The predicted molar refractivity (Wildman–Crippen MR) is 17.8 cm³/mol. The van der Waals surface area contributed by atoms with Gasteiger partial charge in [-0.25, -0.2) is 0 Å². The SMILES string of the molecule is [AlH3].[La].[O]=[GaH].[Y]. The standard InChI is InChI=1S/Al.Ga.La.O.Y.4H. The quantitative estimate of drug-likeness (QED) is 0.467. The van der Waals surface area contributed by atoms with E-state index in [-0.39, 0.29) is 104 Å². The maximum Gasteiger partial charge on any atom is 0 e. The monoisotopic (exact) mass is 344 g/mol. The van der Waals surface area contributed by atoms with E-state index in [0.29, 0.717) is 0 Å². The van der Waals surface area contributed by atoms with E-state index in [9.17, 15) is 0 Å². The molecule has 0 aliphatic carbocycles. The van der Waals surface area contributed by atoms with Gasteiger partial charge in [0, 0.05) is 68.3 Å². The second kappa shape index (κ2) is 26.7. The van der Waals surface area contributed by atoms with E-state index in [0.717, 1.165) is 0 Å². The minimum atomic E-state index is 0. The van der Waals surface area contributed by atoms with E-state index in [1.807, 2.05) is 0 Å². The fourth-order valence-corrected chi connectivity index (χ4v) is 0. The number of hydrogen-bond donors (Lipinski definition) is 0. The summed E-state index contributed by atoms with van der Waals surface area (Å²) in [7, 11) is 0. The van der Waals surface area contributed by atoms with Crippen molar-refractivity contribution < 1.29 is 71.8 Å². The Balaban J connectivity index is -0.00000000167. The van der Waals surface area contributed by atoms with Crippen LogP contribution in [0.2, 0.25) is 0 Å². The van der Waals surface area contributed by atoms with Crippen LogP contribution in [0.3, 0.4) is 0 Å². The molecular formula is H4AlGaLaOY. The van der Waals surface area contributed by atoms with Gasteiger partial charge in [0.1, 0.15) is 0 Å². The first kappa shape index (κ1) is 24.0. The molecule has 0 saturated heterocycles. The van der Waals surface area contributed by atoms with Gasteiger partial charge in [0.25, 0.3) is 0 Å². The van der Waals surface area contributed by atoms with E-state index in [1.54, 1.807) is 0 Å². The molecule has 0 rings (SSSR count). The Kier molecular flexibility index (Phi) is 128. The molecule has 22 valence electrons. The number of hydrogen-bond acceptors (Lipinski definition) is 1. The molecule has 0 heterocycles. The van der Waals surface area contributed by atoms with Gasteiger partial charge in [-0.2, -0.15) is 0 Å². The molecule has 0 saturated carbocycles. The summed E-state index contributed by atoms with van der Waals surface area (Å²) in [5, 5.41) is 0. The van der Waals surface area contributed by atoms with Gasteiger partial charge >= 0.3 is 22.1 Å². The summed E-state index contributed by atoms with van der Waals surface area (Å²) in [4.78, 5) is 0. The molecule has 5 heavy (non-hydrogen) atoms. The van der Waals surface area contributed by atoms with Gasteiger partial charge in [0.2, 0.25) is 0 Å². The summed E-state index contributed by atoms with van der Waals surface area (Å²) in [6.45, 7) is 0. The fraction of sp³-hybridized carbons (Fsp3) is 0. The molecule has 1 nitrogen and oxygen atoms in total. The van der Waals surface area contributed by atoms with Crippen molar-refractivity contribution in [3.63, 3.8) is 0 Å². The van der Waals surface area contributed by atoms with Gasteiger partial charge in [-0.15, -0.1) is 0 Å². The topological polar surface area (TPSA) is 17.1 Å². The van der Waals surface area contributed by atoms with Crippen LogP contribution in [0.1, 0.15) is 0 Å². The Labute approximate surface area is 105 Å². The molecule has 0 atom stereocenters. The summed E-state index contributed by atoms with van der Waals surface area (Å²) in [6.07, 6.45) is 0. The minimum Gasteiger partial charge on any atom is 0 e. The van der Waals surface area contributed by atoms with Crippen molar-refractivity contribution in [2.75, 3.05) is 0 Å². The van der Waals surface area contributed by atoms with Crippen molar-refractivity contribution in [3.8, 4) is 0 Å². The maximum absolute atomic E-state index is 8.38. The zero-order valence-electron chi connectivity index (χ0n) is 2.27. The molecule has 0 unspecified atom stereocenters. The van der Waals surface area contributed by atoms with Crippen LogP contribution in [0.4, 0.5) is 0 Å². The van der Waals surface area contributed by atoms with Gasteiger partial charge in [0.15, 0.2) is 17.4 Å². The Morgan fingerprint density at radius 1 is 1.20 bits per heavy atom. The third-order valence-corrected chi connectivity index (χ3v) is 0. The van der Waals surface area contributed by atoms with E-state index >= 15 is 0 Å². The zero-order valence-corrected chi connectivity index (χ0v) is 11.7. The molecule has 0 N–H and O–H groups in total. The van der Waals surface area contributed by atoms with Crippen molar-refractivity contribution in [1.82, 2.24) is 0 Å². The van der Waals surface area contributed by atoms with Crippen LogP contribution in [0.15, 0.2) is 0 Å². The van der Waals surface area contributed by atoms with Gasteiger partial charge in [-0.05, 0) is 0 Å². The summed E-state index contributed by atoms with van der Waals surface area (Å²) in [5.74, 6) is 0.